The molecule has 3 rings (SSSR count). The van der Waals surface area contributed by atoms with Crippen LogP contribution >= 0.6 is 0 Å². The molecule has 1 saturated heterocycles. The lowest BCUT2D eigenvalue weighted by molar-refractivity contribution is 0.305. The van der Waals surface area contributed by atoms with Crippen molar-refractivity contribution in [3.05, 3.63) is 36.7 Å². The predicted octanol–water partition coefficient (Wildman–Crippen LogP) is 2.16. The molecule has 108 valence electrons. The van der Waals surface area contributed by atoms with Crippen LogP contribution in [0.4, 0.5) is 0 Å². The highest BCUT2D eigenvalue weighted by Gasteiger charge is 2.31. The quantitative estimate of drug-likeness (QED) is 0.852. The molecule has 2 aromatic rings. The Morgan fingerprint density at radius 3 is 3.00 bits per heavy atom. The summed E-state index contributed by atoms with van der Waals surface area (Å²) >= 11 is 0. The average molecular weight is 301 g/mol. The first kappa shape index (κ1) is 14.0. The van der Waals surface area contributed by atoms with Crippen molar-refractivity contribution in [2.24, 2.45) is 5.92 Å². The van der Waals surface area contributed by atoms with Gasteiger partial charge in [0.1, 0.15) is 0 Å². The Balaban J connectivity index is 2.07. The third kappa shape index (κ3) is 2.50. The number of pyridine rings is 1. The Hall–Kier alpha value is -1.97. The zero-order chi connectivity index (χ0) is 14.9. The molecule has 1 aromatic heterocycles. The minimum Gasteiger partial charge on any atom is -0.264 e. The minimum atomic E-state index is -3.58. The van der Waals surface area contributed by atoms with Crippen molar-refractivity contribution >= 4 is 20.8 Å². The zero-order valence-corrected chi connectivity index (χ0v) is 12.3. The van der Waals surface area contributed by atoms with E-state index >= 15 is 0 Å². The molecule has 1 atom stereocenters. The molecule has 1 aliphatic heterocycles. The van der Waals surface area contributed by atoms with Gasteiger partial charge in [0.15, 0.2) is 0 Å². The first-order valence-electron chi connectivity index (χ1n) is 6.85. The summed E-state index contributed by atoms with van der Waals surface area (Å²) in [5.74, 6) is -0.217. The fraction of sp³-hybridized carbons (Fsp3) is 0.333. The van der Waals surface area contributed by atoms with Gasteiger partial charge in [0.25, 0.3) is 0 Å². The summed E-state index contributed by atoms with van der Waals surface area (Å²) < 4.78 is 27.1. The number of nitriles is 1. The second-order valence-electron chi connectivity index (χ2n) is 5.18. The smallest absolute Gasteiger partial charge is 0.243 e. The molecule has 21 heavy (non-hydrogen) atoms. The monoisotopic (exact) mass is 301 g/mol. The molecule has 0 spiro atoms. The molecular formula is C15H15N3O2S. The molecule has 2 heterocycles. The van der Waals surface area contributed by atoms with Crippen LogP contribution in [0.5, 0.6) is 0 Å². The lowest BCUT2D eigenvalue weighted by atomic mass is 10.0. The summed E-state index contributed by atoms with van der Waals surface area (Å²) in [5, 5.41) is 10.5. The maximum atomic E-state index is 12.9. The summed E-state index contributed by atoms with van der Waals surface area (Å²) in [7, 11) is -3.58. The molecule has 0 saturated carbocycles. The second-order valence-corrected chi connectivity index (χ2v) is 7.09. The van der Waals surface area contributed by atoms with Crippen molar-refractivity contribution in [2.45, 2.75) is 17.7 Å². The van der Waals surface area contributed by atoms with Gasteiger partial charge in [-0.3, -0.25) is 4.98 Å². The van der Waals surface area contributed by atoms with E-state index in [9.17, 15) is 8.42 Å². The van der Waals surface area contributed by atoms with E-state index in [0.717, 1.165) is 18.2 Å². The van der Waals surface area contributed by atoms with Gasteiger partial charge in [-0.05, 0) is 25.0 Å². The molecule has 1 aliphatic rings. The van der Waals surface area contributed by atoms with Gasteiger partial charge in [0, 0.05) is 36.3 Å². The SMILES string of the molecule is N#CC1CCCN(S(=O)(=O)c2cccc3cnccc23)C1. The van der Waals surface area contributed by atoms with Gasteiger partial charge >= 0.3 is 0 Å². The van der Waals surface area contributed by atoms with Crippen LogP contribution in [-0.2, 0) is 10.0 Å². The summed E-state index contributed by atoms with van der Waals surface area (Å²) in [5.41, 5.74) is 0. The van der Waals surface area contributed by atoms with Crippen LogP contribution in [0.3, 0.4) is 0 Å². The zero-order valence-electron chi connectivity index (χ0n) is 11.4. The van der Waals surface area contributed by atoms with E-state index in [2.05, 4.69) is 11.1 Å². The summed E-state index contributed by atoms with van der Waals surface area (Å²) in [6, 6.07) is 9.08. The van der Waals surface area contributed by atoms with Crippen molar-refractivity contribution in [1.29, 1.82) is 5.26 Å². The maximum Gasteiger partial charge on any atom is 0.243 e. The third-order valence-corrected chi connectivity index (χ3v) is 5.75. The van der Waals surface area contributed by atoms with Crippen molar-refractivity contribution in [2.75, 3.05) is 13.1 Å². The Labute approximate surface area is 123 Å². The second kappa shape index (κ2) is 5.43. The lowest BCUT2D eigenvalue weighted by Gasteiger charge is -2.29. The number of benzene rings is 1. The van der Waals surface area contributed by atoms with Crippen LogP contribution in [0.15, 0.2) is 41.6 Å². The van der Waals surface area contributed by atoms with Gasteiger partial charge in [-0.1, -0.05) is 12.1 Å². The highest BCUT2D eigenvalue weighted by Crippen LogP contribution is 2.28. The van der Waals surface area contributed by atoms with Crippen molar-refractivity contribution < 1.29 is 8.42 Å². The molecule has 0 radical (unpaired) electrons. The van der Waals surface area contributed by atoms with Gasteiger partial charge in [-0.2, -0.15) is 9.57 Å². The van der Waals surface area contributed by atoms with E-state index in [-0.39, 0.29) is 12.5 Å². The molecule has 5 nitrogen and oxygen atoms in total. The minimum absolute atomic E-state index is 0.217. The number of fused-ring (bicyclic) bond motifs is 1. The topological polar surface area (TPSA) is 74.1 Å². The van der Waals surface area contributed by atoms with E-state index in [1.807, 2.05) is 6.07 Å². The van der Waals surface area contributed by atoms with E-state index in [4.69, 9.17) is 5.26 Å². The van der Waals surface area contributed by atoms with Crippen molar-refractivity contribution in [1.82, 2.24) is 9.29 Å². The van der Waals surface area contributed by atoms with Gasteiger partial charge in [-0.25, -0.2) is 8.42 Å². The van der Waals surface area contributed by atoms with Crippen molar-refractivity contribution in [3.63, 3.8) is 0 Å². The largest absolute Gasteiger partial charge is 0.264 e. The van der Waals surface area contributed by atoms with Crippen LogP contribution in [0.1, 0.15) is 12.8 Å². The maximum absolute atomic E-state index is 12.9. The fourth-order valence-electron chi connectivity index (χ4n) is 2.72. The van der Waals surface area contributed by atoms with Gasteiger partial charge in [-0.15, -0.1) is 0 Å². The van der Waals surface area contributed by atoms with Gasteiger partial charge in [0.05, 0.1) is 16.9 Å². The number of sulfonamides is 1. The standard InChI is InChI=1S/C15H15N3O2S/c16-9-12-3-2-8-18(11-12)21(19,20)15-5-1-4-13-10-17-7-6-14(13)15/h1,4-7,10,12H,2-3,8,11H2. The van der Waals surface area contributed by atoms with Gasteiger partial charge < -0.3 is 0 Å². The highest BCUT2D eigenvalue weighted by molar-refractivity contribution is 7.89. The third-order valence-electron chi connectivity index (χ3n) is 3.83. The average Bonchev–Trinajstić information content (AvgIpc) is 2.54. The van der Waals surface area contributed by atoms with Crippen LogP contribution in [0.25, 0.3) is 10.8 Å². The normalized spacial score (nSPS) is 20.2. The number of piperidine rings is 1. The van der Waals surface area contributed by atoms with Crippen LogP contribution in [-0.4, -0.2) is 30.8 Å². The molecular weight excluding hydrogens is 286 g/mol. The van der Waals surface area contributed by atoms with E-state index in [0.29, 0.717) is 16.8 Å². The molecule has 0 N–H and O–H groups in total. The summed E-state index contributed by atoms with van der Waals surface area (Å²) in [4.78, 5) is 4.31. The Kier molecular flexibility index (Phi) is 3.62. The molecule has 6 heteroatoms. The Morgan fingerprint density at radius 2 is 2.19 bits per heavy atom. The molecule has 0 amide bonds. The lowest BCUT2D eigenvalue weighted by Crippen LogP contribution is -2.39. The molecule has 1 unspecified atom stereocenters. The van der Waals surface area contributed by atoms with Crippen molar-refractivity contribution in [3.8, 4) is 6.07 Å². The van der Waals surface area contributed by atoms with Gasteiger partial charge in [0.2, 0.25) is 10.0 Å². The summed E-state index contributed by atoms with van der Waals surface area (Å²) in [6.45, 7) is 0.752. The van der Waals surface area contributed by atoms with Crippen LogP contribution in [0.2, 0.25) is 0 Å². The molecule has 0 bridgehead atoms. The number of rotatable bonds is 2. The number of hydrogen-bond donors (Lipinski definition) is 0. The molecule has 1 aromatic carbocycles. The Morgan fingerprint density at radius 1 is 1.33 bits per heavy atom. The van der Waals surface area contributed by atoms with E-state index in [1.54, 1.807) is 30.6 Å². The number of aromatic nitrogens is 1. The van der Waals surface area contributed by atoms with Crippen LogP contribution in [0, 0.1) is 17.2 Å². The highest BCUT2D eigenvalue weighted by atomic mass is 32.2. The first-order valence-corrected chi connectivity index (χ1v) is 8.29. The fourth-order valence-corrected chi connectivity index (χ4v) is 4.46. The van der Waals surface area contributed by atoms with E-state index < -0.39 is 10.0 Å². The summed E-state index contributed by atoms with van der Waals surface area (Å²) in [6.07, 6.45) is 4.74. The van der Waals surface area contributed by atoms with Crippen LogP contribution < -0.4 is 0 Å². The number of nitrogens with zero attached hydrogens (tertiary/aromatic N) is 3. The predicted molar refractivity (Wildman–Crippen MR) is 78.8 cm³/mol. The van der Waals surface area contributed by atoms with E-state index in [1.165, 1.54) is 4.31 Å². The molecule has 1 fully saturated rings. The molecule has 0 aliphatic carbocycles. The first-order chi connectivity index (χ1) is 10.1. The Bertz CT molecular complexity index is 806. The number of hydrogen-bond acceptors (Lipinski definition) is 4.